The summed E-state index contributed by atoms with van der Waals surface area (Å²) in [5.41, 5.74) is 1.28. The fourth-order valence-electron chi connectivity index (χ4n) is 3.19. The molecule has 1 aliphatic rings. The molecule has 9 heteroatoms. The molecule has 0 radical (unpaired) electrons. The highest BCUT2D eigenvalue weighted by atomic mass is 32.2. The minimum Gasteiger partial charge on any atom is -0.360 e. The average Bonchev–Trinajstić information content (AvgIpc) is 3.18. The molecule has 1 amide bonds. The van der Waals surface area contributed by atoms with Gasteiger partial charge in [0.25, 0.3) is 0 Å². The zero-order valence-electron chi connectivity index (χ0n) is 14.7. The number of aromatic nitrogens is 1. The molecule has 1 atom stereocenters. The third-order valence-electron chi connectivity index (χ3n) is 4.50. The number of nitrogens with one attached hydrogen (secondary N) is 1. The zero-order chi connectivity index (χ0) is 19.1. The van der Waals surface area contributed by atoms with Gasteiger partial charge in [-0.2, -0.15) is 4.31 Å². The van der Waals surface area contributed by atoms with Crippen molar-refractivity contribution in [1.29, 1.82) is 0 Å². The quantitative estimate of drug-likeness (QED) is 0.879. The van der Waals surface area contributed by atoms with Crippen molar-refractivity contribution < 1.29 is 22.1 Å². The first kappa shape index (κ1) is 18.5. The van der Waals surface area contributed by atoms with Crippen LogP contribution in [0.25, 0.3) is 0 Å². The monoisotopic (exact) mass is 381 g/mol. The van der Waals surface area contributed by atoms with Crippen LogP contribution in [-0.2, 0) is 14.8 Å². The molecule has 1 aliphatic heterocycles. The lowest BCUT2D eigenvalue weighted by Crippen LogP contribution is -2.43. The maximum absolute atomic E-state index is 13.4. The smallest absolute Gasteiger partial charge is 0.249 e. The predicted octanol–water partition coefficient (Wildman–Crippen LogP) is 2.53. The van der Waals surface area contributed by atoms with E-state index in [1.165, 1.54) is 23.4 Å². The minimum absolute atomic E-state index is 0.000800. The summed E-state index contributed by atoms with van der Waals surface area (Å²) in [5.74, 6) is -0.765. The molecule has 1 saturated heterocycles. The van der Waals surface area contributed by atoms with Crippen LogP contribution in [0.4, 0.5) is 10.1 Å². The Labute approximate surface area is 151 Å². The summed E-state index contributed by atoms with van der Waals surface area (Å²) in [5, 5.41) is 6.34. The summed E-state index contributed by atoms with van der Waals surface area (Å²) in [7, 11) is -3.92. The van der Waals surface area contributed by atoms with Crippen LogP contribution in [0.3, 0.4) is 0 Å². The standard InChI is InChI=1S/C17H20FN3O4S/c1-10-6-7-13(18)9-14(10)19-17(22)15-5-4-8-21(15)26(23,24)16-11(2)20-25-12(16)3/h6-7,9,15H,4-5,8H2,1-3H3,(H,19,22)/t15-/m0/s1. The number of carbonyl (C=O) groups is 1. The first-order chi connectivity index (χ1) is 12.2. The Balaban J connectivity index is 1.88. The second-order valence-electron chi connectivity index (χ2n) is 6.38. The van der Waals surface area contributed by atoms with E-state index in [1.807, 2.05) is 0 Å². The lowest BCUT2D eigenvalue weighted by atomic mass is 10.1. The van der Waals surface area contributed by atoms with Gasteiger partial charge >= 0.3 is 0 Å². The Morgan fingerprint density at radius 2 is 2.08 bits per heavy atom. The van der Waals surface area contributed by atoms with Gasteiger partial charge in [-0.25, -0.2) is 12.8 Å². The number of sulfonamides is 1. The molecule has 0 aliphatic carbocycles. The number of rotatable bonds is 4. The first-order valence-corrected chi connectivity index (χ1v) is 9.67. The molecule has 7 nitrogen and oxygen atoms in total. The Morgan fingerprint density at radius 1 is 1.35 bits per heavy atom. The average molecular weight is 381 g/mol. The molecule has 26 heavy (non-hydrogen) atoms. The molecular weight excluding hydrogens is 361 g/mol. The first-order valence-electron chi connectivity index (χ1n) is 8.23. The number of anilines is 1. The summed E-state index contributed by atoms with van der Waals surface area (Å²) in [4.78, 5) is 12.7. The van der Waals surface area contributed by atoms with Crippen LogP contribution in [0.5, 0.6) is 0 Å². The van der Waals surface area contributed by atoms with Crippen LogP contribution in [-0.4, -0.2) is 36.4 Å². The Kier molecular flexibility index (Phi) is 4.85. The molecule has 0 bridgehead atoms. The van der Waals surface area contributed by atoms with Gasteiger partial charge in [-0.1, -0.05) is 11.2 Å². The van der Waals surface area contributed by atoms with Crippen molar-refractivity contribution in [2.75, 3.05) is 11.9 Å². The van der Waals surface area contributed by atoms with Crippen LogP contribution < -0.4 is 5.32 Å². The molecule has 1 N–H and O–H groups in total. The third kappa shape index (κ3) is 3.24. The number of benzene rings is 1. The Bertz CT molecular complexity index is 935. The van der Waals surface area contributed by atoms with Crippen molar-refractivity contribution in [3.05, 3.63) is 41.0 Å². The maximum Gasteiger partial charge on any atom is 0.249 e. The lowest BCUT2D eigenvalue weighted by Gasteiger charge is -2.23. The number of hydrogen-bond acceptors (Lipinski definition) is 5. The van der Waals surface area contributed by atoms with E-state index in [1.54, 1.807) is 19.9 Å². The summed E-state index contributed by atoms with van der Waals surface area (Å²) < 4.78 is 45.6. The van der Waals surface area contributed by atoms with Gasteiger partial charge in [0, 0.05) is 12.2 Å². The van der Waals surface area contributed by atoms with E-state index >= 15 is 0 Å². The van der Waals surface area contributed by atoms with Crippen molar-refractivity contribution in [2.45, 2.75) is 44.6 Å². The van der Waals surface area contributed by atoms with Crippen LogP contribution in [0.1, 0.15) is 29.9 Å². The third-order valence-corrected chi connectivity index (χ3v) is 6.65. The lowest BCUT2D eigenvalue weighted by molar-refractivity contribution is -0.119. The molecule has 1 aromatic carbocycles. The molecule has 3 rings (SSSR count). The molecular formula is C17H20FN3O4S. The predicted molar refractivity (Wildman–Crippen MR) is 92.7 cm³/mol. The largest absolute Gasteiger partial charge is 0.360 e. The van der Waals surface area contributed by atoms with E-state index in [-0.39, 0.29) is 22.9 Å². The van der Waals surface area contributed by atoms with Crippen molar-refractivity contribution in [3.63, 3.8) is 0 Å². The summed E-state index contributed by atoms with van der Waals surface area (Å²) in [6, 6.07) is 3.21. The maximum atomic E-state index is 13.4. The highest BCUT2D eigenvalue weighted by molar-refractivity contribution is 7.89. The molecule has 2 heterocycles. The summed E-state index contributed by atoms with van der Waals surface area (Å²) >= 11 is 0. The number of hydrogen-bond donors (Lipinski definition) is 1. The molecule has 0 spiro atoms. The van der Waals surface area contributed by atoms with E-state index in [2.05, 4.69) is 10.5 Å². The fourth-order valence-corrected chi connectivity index (χ4v) is 5.15. The fraction of sp³-hybridized carbons (Fsp3) is 0.412. The van der Waals surface area contributed by atoms with Crippen LogP contribution >= 0.6 is 0 Å². The van der Waals surface area contributed by atoms with Gasteiger partial charge in [0.05, 0.1) is 0 Å². The normalized spacial score (nSPS) is 18.2. The Hall–Kier alpha value is -2.26. The van der Waals surface area contributed by atoms with Gasteiger partial charge in [-0.3, -0.25) is 4.79 Å². The van der Waals surface area contributed by atoms with Crippen LogP contribution in [0.2, 0.25) is 0 Å². The highest BCUT2D eigenvalue weighted by Crippen LogP contribution is 2.30. The van der Waals surface area contributed by atoms with Crippen molar-refractivity contribution in [1.82, 2.24) is 9.46 Å². The topological polar surface area (TPSA) is 92.5 Å². The van der Waals surface area contributed by atoms with Gasteiger partial charge < -0.3 is 9.84 Å². The number of carbonyl (C=O) groups excluding carboxylic acids is 1. The second kappa shape index (κ2) is 6.81. The number of amides is 1. The Morgan fingerprint density at radius 3 is 2.73 bits per heavy atom. The van der Waals surface area contributed by atoms with E-state index in [0.717, 1.165) is 0 Å². The highest BCUT2D eigenvalue weighted by Gasteiger charge is 2.42. The van der Waals surface area contributed by atoms with E-state index in [0.29, 0.717) is 24.1 Å². The second-order valence-corrected chi connectivity index (χ2v) is 8.20. The number of aryl methyl sites for hydroxylation is 3. The van der Waals surface area contributed by atoms with Crippen LogP contribution in [0, 0.1) is 26.6 Å². The van der Waals surface area contributed by atoms with Gasteiger partial charge in [0.1, 0.15) is 22.4 Å². The molecule has 0 saturated carbocycles. The van der Waals surface area contributed by atoms with Gasteiger partial charge in [-0.15, -0.1) is 0 Å². The van der Waals surface area contributed by atoms with Gasteiger partial charge in [0.2, 0.25) is 15.9 Å². The molecule has 1 aromatic heterocycles. The SMILES string of the molecule is Cc1ccc(F)cc1NC(=O)[C@@H]1CCCN1S(=O)(=O)c1c(C)noc1C. The number of halogens is 1. The van der Waals surface area contributed by atoms with Gasteiger partial charge in [-0.05, 0) is 51.3 Å². The summed E-state index contributed by atoms with van der Waals surface area (Å²) in [6.07, 6.45) is 0.950. The van der Waals surface area contributed by atoms with E-state index < -0.39 is 27.8 Å². The molecule has 140 valence electrons. The van der Waals surface area contributed by atoms with Crippen LogP contribution in [0.15, 0.2) is 27.6 Å². The van der Waals surface area contributed by atoms with E-state index in [4.69, 9.17) is 4.52 Å². The van der Waals surface area contributed by atoms with Crippen molar-refractivity contribution in [2.24, 2.45) is 0 Å². The zero-order valence-corrected chi connectivity index (χ0v) is 15.6. The molecule has 2 aromatic rings. The summed E-state index contributed by atoms with van der Waals surface area (Å²) in [6.45, 7) is 5.04. The minimum atomic E-state index is -3.92. The molecule has 1 fully saturated rings. The van der Waals surface area contributed by atoms with Crippen molar-refractivity contribution in [3.8, 4) is 0 Å². The number of nitrogens with zero attached hydrogens (tertiary/aromatic N) is 2. The van der Waals surface area contributed by atoms with Crippen molar-refractivity contribution >= 4 is 21.6 Å². The van der Waals surface area contributed by atoms with E-state index in [9.17, 15) is 17.6 Å². The van der Waals surface area contributed by atoms with Gasteiger partial charge in [0.15, 0.2) is 5.76 Å². The molecule has 0 unspecified atom stereocenters.